The number of amides is 1. The van der Waals surface area contributed by atoms with Crippen molar-refractivity contribution in [1.29, 1.82) is 0 Å². The van der Waals surface area contributed by atoms with E-state index in [0.29, 0.717) is 13.0 Å². The van der Waals surface area contributed by atoms with Crippen LogP contribution in [-0.4, -0.2) is 54.5 Å². The highest BCUT2D eigenvalue weighted by Crippen LogP contribution is 2.20. The summed E-state index contributed by atoms with van der Waals surface area (Å²) in [6.07, 6.45) is 1.60. The molecular formula is C11H17NO5. The Labute approximate surface area is 99.8 Å². The first-order chi connectivity index (χ1) is 8.10. The SMILES string of the molecule is C=CCOC(=O)N1CC[C@@H](OC)C[C@H]1C(=O)O. The van der Waals surface area contributed by atoms with Crippen LogP contribution in [0.4, 0.5) is 4.79 Å². The van der Waals surface area contributed by atoms with Gasteiger partial charge in [0.2, 0.25) is 0 Å². The third kappa shape index (κ3) is 3.45. The Morgan fingerprint density at radius 2 is 2.29 bits per heavy atom. The van der Waals surface area contributed by atoms with Crippen molar-refractivity contribution in [3.8, 4) is 0 Å². The van der Waals surface area contributed by atoms with Gasteiger partial charge in [0.05, 0.1) is 6.10 Å². The van der Waals surface area contributed by atoms with Crippen molar-refractivity contribution in [2.75, 3.05) is 20.3 Å². The van der Waals surface area contributed by atoms with Crippen LogP contribution < -0.4 is 0 Å². The molecule has 0 aliphatic carbocycles. The lowest BCUT2D eigenvalue weighted by atomic mass is 10.00. The van der Waals surface area contributed by atoms with Crippen molar-refractivity contribution in [1.82, 2.24) is 4.90 Å². The van der Waals surface area contributed by atoms with E-state index in [1.807, 2.05) is 0 Å². The highest BCUT2D eigenvalue weighted by molar-refractivity contribution is 5.80. The van der Waals surface area contributed by atoms with Crippen molar-refractivity contribution in [3.63, 3.8) is 0 Å². The number of rotatable bonds is 4. The summed E-state index contributed by atoms with van der Waals surface area (Å²) in [6, 6.07) is -0.883. The minimum Gasteiger partial charge on any atom is -0.480 e. The van der Waals surface area contributed by atoms with E-state index in [1.54, 1.807) is 0 Å². The summed E-state index contributed by atoms with van der Waals surface area (Å²) in [5.74, 6) is -1.04. The van der Waals surface area contributed by atoms with Crippen LogP contribution in [0.15, 0.2) is 12.7 Å². The maximum absolute atomic E-state index is 11.6. The molecule has 1 saturated heterocycles. The van der Waals surface area contributed by atoms with Crippen molar-refractivity contribution in [2.45, 2.75) is 25.0 Å². The molecule has 1 N–H and O–H groups in total. The van der Waals surface area contributed by atoms with Gasteiger partial charge in [-0.2, -0.15) is 0 Å². The maximum atomic E-state index is 11.6. The van der Waals surface area contributed by atoms with Gasteiger partial charge in [-0.3, -0.25) is 4.90 Å². The van der Waals surface area contributed by atoms with Crippen LogP contribution in [0.1, 0.15) is 12.8 Å². The normalized spacial score (nSPS) is 24.2. The number of hydrogen-bond acceptors (Lipinski definition) is 4. The molecule has 1 heterocycles. The lowest BCUT2D eigenvalue weighted by molar-refractivity contribution is -0.146. The monoisotopic (exact) mass is 243 g/mol. The smallest absolute Gasteiger partial charge is 0.410 e. The molecule has 1 fully saturated rings. The van der Waals surface area contributed by atoms with Crippen LogP contribution in [0.5, 0.6) is 0 Å². The highest BCUT2D eigenvalue weighted by Gasteiger charge is 2.37. The van der Waals surface area contributed by atoms with Crippen LogP contribution in [0, 0.1) is 0 Å². The fourth-order valence-electron chi connectivity index (χ4n) is 1.81. The molecule has 0 bridgehead atoms. The van der Waals surface area contributed by atoms with E-state index in [1.165, 1.54) is 18.1 Å². The molecule has 17 heavy (non-hydrogen) atoms. The molecular weight excluding hydrogens is 226 g/mol. The van der Waals surface area contributed by atoms with Gasteiger partial charge in [0.1, 0.15) is 12.6 Å². The first-order valence-corrected chi connectivity index (χ1v) is 5.40. The Balaban J connectivity index is 2.66. The van der Waals surface area contributed by atoms with E-state index < -0.39 is 18.1 Å². The van der Waals surface area contributed by atoms with Gasteiger partial charge in [0.15, 0.2) is 0 Å². The summed E-state index contributed by atoms with van der Waals surface area (Å²) in [4.78, 5) is 23.9. The van der Waals surface area contributed by atoms with Gasteiger partial charge in [0.25, 0.3) is 0 Å². The van der Waals surface area contributed by atoms with Crippen molar-refractivity contribution in [2.24, 2.45) is 0 Å². The lowest BCUT2D eigenvalue weighted by Gasteiger charge is -2.35. The van der Waals surface area contributed by atoms with E-state index in [2.05, 4.69) is 6.58 Å². The number of carboxylic acid groups (broad SMARTS) is 1. The topological polar surface area (TPSA) is 76.1 Å². The number of aliphatic carboxylic acids is 1. The van der Waals surface area contributed by atoms with Crippen LogP contribution in [0.2, 0.25) is 0 Å². The Morgan fingerprint density at radius 1 is 1.59 bits per heavy atom. The second kappa shape index (κ2) is 6.24. The number of carbonyl (C=O) groups excluding carboxylic acids is 1. The van der Waals surface area contributed by atoms with E-state index in [0.717, 1.165) is 0 Å². The van der Waals surface area contributed by atoms with E-state index in [9.17, 15) is 9.59 Å². The fourth-order valence-corrected chi connectivity index (χ4v) is 1.81. The van der Waals surface area contributed by atoms with Crippen LogP contribution in [-0.2, 0) is 14.3 Å². The third-order valence-electron chi connectivity index (χ3n) is 2.73. The van der Waals surface area contributed by atoms with Gasteiger partial charge in [-0.1, -0.05) is 12.7 Å². The number of carboxylic acids is 1. The standard InChI is InChI=1S/C11H17NO5/c1-3-6-17-11(15)12-5-4-8(16-2)7-9(12)10(13)14/h3,8-9H,1,4-7H2,2H3,(H,13,14)/t8-,9+/m1/s1. The highest BCUT2D eigenvalue weighted by atomic mass is 16.6. The molecule has 0 spiro atoms. The van der Waals surface area contributed by atoms with Gasteiger partial charge in [0, 0.05) is 20.1 Å². The Hall–Kier alpha value is -1.56. The molecule has 6 heteroatoms. The van der Waals surface area contributed by atoms with Gasteiger partial charge >= 0.3 is 12.1 Å². The zero-order valence-corrected chi connectivity index (χ0v) is 9.80. The van der Waals surface area contributed by atoms with Crippen LogP contribution in [0.25, 0.3) is 0 Å². The molecule has 96 valence electrons. The summed E-state index contributed by atoms with van der Waals surface area (Å²) < 4.78 is 9.97. The Morgan fingerprint density at radius 3 is 2.82 bits per heavy atom. The minimum absolute atomic E-state index is 0.0787. The predicted octanol–water partition coefficient (Wildman–Crippen LogP) is 0.873. The first-order valence-electron chi connectivity index (χ1n) is 5.40. The quantitative estimate of drug-likeness (QED) is 0.741. The summed E-state index contributed by atoms with van der Waals surface area (Å²) in [5, 5.41) is 9.07. The molecule has 1 aliphatic heterocycles. The molecule has 1 rings (SSSR count). The molecule has 2 atom stereocenters. The van der Waals surface area contributed by atoms with Gasteiger partial charge in [-0.25, -0.2) is 9.59 Å². The lowest BCUT2D eigenvalue weighted by Crippen LogP contribution is -2.51. The third-order valence-corrected chi connectivity index (χ3v) is 2.73. The molecule has 0 unspecified atom stereocenters. The molecule has 0 aromatic heterocycles. The van der Waals surface area contributed by atoms with Crippen molar-refractivity contribution >= 4 is 12.1 Å². The summed E-state index contributed by atoms with van der Waals surface area (Å²) >= 11 is 0. The van der Waals surface area contributed by atoms with Gasteiger partial charge in [-0.05, 0) is 6.42 Å². The Bertz CT molecular complexity index is 304. The Kier molecular flexibility index (Phi) is 4.96. The zero-order chi connectivity index (χ0) is 12.8. The van der Waals surface area contributed by atoms with E-state index >= 15 is 0 Å². The fraction of sp³-hybridized carbons (Fsp3) is 0.636. The van der Waals surface area contributed by atoms with E-state index in [-0.39, 0.29) is 19.1 Å². The summed E-state index contributed by atoms with van der Waals surface area (Å²) in [5.41, 5.74) is 0. The zero-order valence-electron chi connectivity index (χ0n) is 9.80. The molecule has 0 aromatic carbocycles. The van der Waals surface area contributed by atoms with E-state index in [4.69, 9.17) is 14.6 Å². The predicted molar refractivity (Wildman–Crippen MR) is 59.7 cm³/mol. The molecule has 6 nitrogen and oxygen atoms in total. The van der Waals surface area contributed by atoms with Crippen molar-refractivity contribution < 1.29 is 24.2 Å². The number of ether oxygens (including phenoxy) is 2. The average molecular weight is 243 g/mol. The molecule has 1 amide bonds. The number of piperidine rings is 1. The van der Waals surface area contributed by atoms with Gasteiger partial charge in [-0.15, -0.1) is 0 Å². The number of hydrogen-bond donors (Lipinski definition) is 1. The molecule has 0 saturated carbocycles. The van der Waals surface area contributed by atoms with Crippen LogP contribution in [0.3, 0.4) is 0 Å². The number of methoxy groups -OCH3 is 1. The van der Waals surface area contributed by atoms with Gasteiger partial charge < -0.3 is 14.6 Å². The number of carbonyl (C=O) groups is 2. The second-order valence-corrected chi connectivity index (χ2v) is 3.80. The minimum atomic E-state index is -1.04. The molecule has 0 aromatic rings. The molecule has 1 aliphatic rings. The van der Waals surface area contributed by atoms with Crippen molar-refractivity contribution in [3.05, 3.63) is 12.7 Å². The number of nitrogens with zero attached hydrogens (tertiary/aromatic N) is 1. The second-order valence-electron chi connectivity index (χ2n) is 3.80. The average Bonchev–Trinajstić information content (AvgIpc) is 2.35. The summed E-state index contributed by atoms with van der Waals surface area (Å²) in [7, 11) is 1.54. The molecule has 0 radical (unpaired) electrons. The summed E-state index contributed by atoms with van der Waals surface area (Å²) in [6.45, 7) is 3.83. The largest absolute Gasteiger partial charge is 0.480 e. The maximum Gasteiger partial charge on any atom is 0.410 e. The number of likely N-dealkylation sites (tertiary alicyclic amines) is 1. The van der Waals surface area contributed by atoms with Crippen LogP contribution >= 0.6 is 0 Å². The first kappa shape index (κ1) is 13.5.